The summed E-state index contributed by atoms with van der Waals surface area (Å²) in [5.74, 6) is -1.46. The largest absolute Gasteiger partial charge is 0.420 e. The second kappa shape index (κ2) is 5.42. The number of nitrogens with zero attached hydrogens (tertiary/aromatic N) is 1. The number of aliphatic hydroxyl groups excluding tert-OH is 1. The number of carbonyl (C=O) groups excluding carboxylic acids is 2. The topological polar surface area (TPSA) is 102 Å². The molecule has 0 radical (unpaired) electrons. The van der Waals surface area contributed by atoms with Gasteiger partial charge in [0.2, 0.25) is 11.8 Å². The summed E-state index contributed by atoms with van der Waals surface area (Å²) < 4.78 is 6.59. The van der Waals surface area contributed by atoms with Crippen molar-refractivity contribution in [3.63, 3.8) is 0 Å². The third kappa shape index (κ3) is 2.33. The monoisotopic (exact) mass is 304 g/mol. The molecule has 1 aromatic carbocycles. The first-order chi connectivity index (χ1) is 10.5. The molecule has 1 atom stereocenters. The van der Waals surface area contributed by atoms with Gasteiger partial charge in [-0.25, -0.2) is 4.79 Å². The Hall–Kier alpha value is -2.41. The van der Waals surface area contributed by atoms with E-state index in [-0.39, 0.29) is 25.4 Å². The maximum Gasteiger partial charge on any atom is 0.420 e. The maximum atomic E-state index is 12.2. The van der Waals surface area contributed by atoms with E-state index in [2.05, 4.69) is 5.32 Å². The fourth-order valence-corrected chi connectivity index (χ4v) is 2.89. The molecule has 1 aliphatic heterocycles. The SMILES string of the molecule is Cc1cc(CCO)c2oc(=O)n(C3CCC(=O)NC3=O)c2c1. The molecule has 7 nitrogen and oxygen atoms in total. The highest BCUT2D eigenvalue weighted by atomic mass is 16.4. The standard InChI is InChI=1S/C15H16N2O5/c1-8-6-9(4-5-18)13-11(7-8)17(15(21)22-13)10-2-3-12(19)16-14(10)20/h6-7,10,18H,2-5H2,1H3,(H,16,19,20). The van der Waals surface area contributed by atoms with Gasteiger partial charge in [0.15, 0.2) is 5.58 Å². The Morgan fingerprint density at radius 3 is 2.82 bits per heavy atom. The number of aromatic nitrogens is 1. The second-order valence-electron chi connectivity index (χ2n) is 5.45. The van der Waals surface area contributed by atoms with Gasteiger partial charge in [0.1, 0.15) is 6.04 Å². The number of benzene rings is 1. The van der Waals surface area contributed by atoms with E-state index in [9.17, 15) is 14.4 Å². The molecule has 1 aromatic heterocycles. The zero-order valence-electron chi connectivity index (χ0n) is 12.1. The van der Waals surface area contributed by atoms with E-state index < -0.39 is 17.7 Å². The zero-order chi connectivity index (χ0) is 15.9. The van der Waals surface area contributed by atoms with Crippen LogP contribution in [0.2, 0.25) is 0 Å². The summed E-state index contributed by atoms with van der Waals surface area (Å²) in [6, 6.07) is 2.86. The third-order valence-corrected chi connectivity index (χ3v) is 3.84. The van der Waals surface area contributed by atoms with Crippen LogP contribution >= 0.6 is 0 Å². The average Bonchev–Trinajstić information content (AvgIpc) is 2.76. The Morgan fingerprint density at radius 1 is 1.36 bits per heavy atom. The molecule has 116 valence electrons. The van der Waals surface area contributed by atoms with Crippen molar-refractivity contribution in [2.24, 2.45) is 0 Å². The molecular formula is C15H16N2O5. The van der Waals surface area contributed by atoms with Gasteiger partial charge in [0.05, 0.1) is 5.52 Å². The summed E-state index contributed by atoms with van der Waals surface area (Å²) >= 11 is 0. The van der Waals surface area contributed by atoms with Crippen molar-refractivity contribution >= 4 is 22.9 Å². The number of nitrogens with one attached hydrogen (secondary N) is 1. The molecule has 3 rings (SSSR count). The minimum Gasteiger partial charge on any atom is -0.407 e. The second-order valence-corrected chi connectivity index (χ2v) is 5.45. The number of hydrogen-bond donors (Lipinski definition) is 2. The first-order valence-electron chi connectivity index (χ1n) is 7.10. The highest BCUT2D eigenvalue weighted by Gasteiger charge is 2.31. The Morgan fingerprint density at radius 2 is 2.14 bits per heavy atom. The van der Waals surface area contributed by atoms with Gasteiger partial charge >= 0.3 is 5.76 Å². The van der Waals surface area contributed by atoms with Crippen molar-refractivity contribution in [1.29, 1.82) is 0 Å². The van der Waals surface area contributed by atoms with Crippen molar-refractivity contribution < 1.29 is 19.1 Å². The number of aliphatic hydroxyl groups is 1. The maximum absolute atomic E-state index is 12.2. The lowest BCUT2D eigenvalue weighted by Gasteiger charge is -2.21. The van der Waals surface area contributed by atoms with Crippen LogP contribution in [0.1, 0.15) is 30.0 Å². The number of rotatable bonds is 3. The van der Waals surface area contributed by atoms with Gasteiger partial charge in [-0.2, -0.15) is 0 Å². The van der Waals surface area contributed by atoms with Crippen molar-refractivity contribution in [3.8, 4) is 0 Å². The number of oxazole rings is 1. The lowest BCUT2D eigenvalue weighted by atomic mass is 10.0. The van der Waals surface area contributed by atoms with Crippen LogP contribution in [0.5, 0.6) is 0 Å². The molecule has 1 saturated heterocycles. The molecule has 22 heavy (non-hydrogen) atoms. The normalized spacial score (nSPS) is 18.7. The van der Waals surface area contributed by atoms with Gasteiger partial charge < -0.3 is 9.52 Å². The first-order valence-corrected chi connectivity index (χ1v) is 7.10. The van der Waals surface area contributed by atoms with Crippen LogP contribution in [0.15, 0.2) is 21.3 Å². The van der Waals surface area contributed by atoms with Gasteiger partial charge in [0, 0.05) is 13.0 Å². The molecule has 0 bridgehead atoms. The van der Waals surface area contributed by atoms with Crippen LogP contribution in [-0.2, 0) is 16.0 Å². The molecule has 0 aliphatic carbocycles. The molecule has 0 spiro atoms. The summed E-state index contributed by atoms with van der Waals surface area (Å²) in [5, 5.41) is 11.4. The summed E-state index contributed by atoms with van der Waals surface area (Å²) in [6.07, 6.45) is 0.813. The summed E-state index contributed by atoms with van der Waals surface area (Å²) in [4.78, 5) is 35.5. The first kappa shape index (κ1) is 14.5. The molecule has 2 N–H and O–H groups in total. The van der Waals surface area contributed by atoms with Crippen LogP contribution in [0.3, 0.4) is 0 Å². The molecule has 0 saturated carbocycles. The third-order valence-electron chi connectivity index (χ3n) is 3.84. The van der Waals surface area contributed by atoms with Crippen LogP contribution in [-0.4, -0.2) is 28.1 Å². The van der Waals surface area contributed by atoms with Crippen LogP contribution in [0, 0.1) is 6.92 Å². The Bertz CT molecular complexity index is 817. The molecule has 2 heterocycles. The minimum absolute atomic E-state index is 0.0636. The Kier molecular flexibility index (Phi) is 3.58. The van der Waals surface area contributed by atoms with Crippen LogP contribution in [0.4, 0.5) is 0 Å². The highest BCUT2D eigenvalue weighted by Crippen LogP contribution is 2.26. The van der Waals surface area contributed by atoms with Gasteiger partial charge in [-0.1, -0.05) is 6.07 Å². The highest BCUT2D eigenvalue weighted by molar-refractivity contribution is 6.00. The fourth-order valence-electron chi connectivity index (χ4n) is 2.89. The van der Waals surface area contributed by atoms with E-state index in [4.69, 9.17) is 9.52 Å². The van der Waals surface area contributed by atoms with Crippen molar-refractivity contribution in [2.45, 2.75) is 32.2 Å². The van der Waals surface area contributed by atoms with Gasteiger partial charge in [-0.05, 0) is 37.0 Å². The van der Waals surface area contributed by atoms with Crippen LogP contribution < -0.4 is 11.1 Å². The van der Waals surface area contributed by atoms with Gasteiger partial charge in [-0.15, -0.1) is 0 Å². The number of imide groups is 1. The van der Waals surface area contributed by atoms with E-state index in [0.29, 0.717) is 17.5 Å². The molecular weight excluding hydrogens is 288 g/mol. The number of aryl methyl sites for hydroxylation is 1. The summed E-state index contributed by atoms with van der Waals surface area (Å²) in [6.45, 7) is 1.80. The van der Waals surface area contributed by atoms with Crippen molar-refractivity contribution in [2.75, 3.05) is 6.61 Å². The van der Waals surface area contributed by atoms with Crippen molar-refractivity contribution in [3.05, 3.63) is 33.8 Å². The number of carbonyl (C=O) groups is 2. The van der Waals surface area contributed by atoms with E-state index in [0.717, 1.165) is 11.1 Å². The predicted molar refractivity (Wildman–Crippen MR) is 77.4 cm³/mol. The molecule has 1 unspecified atom stereocenters. The number of piperidine rings is 1. The van der Waals surface area contributed by atoms with E-state index in [1.54, 1.807) is 6.07 Å². The van der Waals surface area contributed by atoms with Crippen LogP contribution in [0.25, 0.3) is 11.1 Å². The van der Waals surface area contributed by atoms with E-state index in [1.807, 2.05) is 13.0 Å². The smallest absolute Gasteiger partial charge is 0.407 e. The fraction of sp³-hybridized carbons (Fsp3) is 0.400. The Balaban J connectivity index is 2.18. The molecule has 1 aliphatic rings. The van der Waals surface area contributed by atoms with Crippen molar-refractivity contribution in [1.82, 2.24) is 9.88 Å². The quantitative estimate of drug-likeness (QED) is 0.800. The lowest BCUT2D eigenvalue weighted by Crippen LogP contribution is -2.43. The number of fused-ring (bicyclic) bond motifs is 1. The molecule has 1 fully saturated rings. The van der Waals surface area contributed by atoms with Gasteiger partial charge in [0.25, 0.3) is 0 Å². The van der Waals surface area contributed by atoms with Gasteiger partial charge in [-0.3, -0.25) is 19.5 Å². The summed E-state index contributed by atoms with van der Waals surface area (Å²) in [7, 11) is 0. The molecule has 2 amide bonds. The van der Waals surface area contributed by atoms with E-state index >= 15 is 0 Å². The number of amides is 2. The summed E-state index contributed by atoms with van der Waals surface area (Å²) in [5.41, 5.74) is 2.52. The van der Waals surface area contributed by atoms with E-state index in [1.165, 1.54) is 4.57 Å². The average molecular weight is 304 g/mol. The Labute approximate surface area is 125 Å². The molecule has 7 heteroatoms. The number of hydrogen-bond acceptors (Lipinski definition) is 5. The zero-order valence-corrected chi connectivity index (χ0v) is 12.1. The lowest BCUT2D eigenvalue weighted by molar-refractivity contribution is -0.135. The predicted octanol–water partition coefficient (Wildman–Crippen LogP) is 0.415. The molecule has 2 aromatic rings. The minimum atomic E-state index is -0.754.